The highest BCUT2D eigenvalue weighted by Gasteiger charge is 2.25. The first-order valence-electron chi connectivity index (χ1n) is 5.83. The van der Waals surface area contributed by atoms with Crippen molar-refractivity contribution in [1.29, 1.82) is 0 Å². The average Bonchev–Trinajstić information content (AvgIpc) is 2.59. The van der Waals surface area contributed by atoms with Gasteiger partial charge in [-0.2, -0.15) is 4.68 Å². The van der Waals surface area contributed by atoms with E-state index < -0.39 is 11.4 Å². The normalized spacial score (nSPS) is 12.0. The largest absolute Gasteiger partial charge is 0.437 e. The van der Waals surface area contributed by atoms with Gasteiger partial charge in [-0.3, -0.25) is 0 Å². The molecule has 0 amide bonds. The third kappa shape index (κ3) is 2.95. The molecule has 16 heavy (non-hydrogen) atoms. The summed E-state index contributed by atoms with van der Waals surface area (Å²) < 4.78 is 6.20. The van der Waals surface area contributed by atoms with E-state index in [1.165, 1.54) is 4.68 Å². The molecule has 1 rings (SSSR count). The van der Waals surface area contributed by atoms with Gasteiger partial charge in [-0.1, -0.05) is 20.8 Å². The fourth-order valence-electron chi connectivity index (χ4n) is 1.52. The smallest absolute Gasteiger partial charge is 0.392 e. The van der Waals surface area contributed by atoms with E-state index in [4.69, 9.17) is 4.42 Å². The summed E-state index contributed by atoms with van der Waals surface area (Å²) in [6.45, 7) is 5.97. The van der Waals surface area contributed by atoms with Gasteiger partial charge in [-0.05, 0) is 19.3 Å². The Morgan fingerprint density at radius 2 is 2.00 bits per heavy atom. The molecule has 0 spiro atoms. The maximum Gasteiger partial charge on any atom is 0.437 e. The lowest BCUT2D eigenvalue weighted by molar-refractivity contribution is 0.0102. The van der Waals surface area contributed by atoms with Crippen molar-refractivity contribution in [3.63, 3.8) is 0 Å². The van der Waals surface area contributed by atoms with Gasteiger partial charge in [0.2, 0.25) is 5.89 Å². The van der Waals surface area contributed by atoms with E-state index in [-0.39, 0.29) is 6.54 Å². The fourth-order valence-corrected chi connectivity index (χ4v) is 1.52. The standard InChI is InChI=1S/C11H20N2O3/c1-4-7-9-12-13(10(14)16-9)8-11(15,5-2)6-3/h15H,4-8H2,1-3H3. The van der Waals surface area contributed by atoms with Crippen LogP contribution < -0.4 is 5.76 Å². The van der Waals surface area contributed by atoms with Gasteiger partial charge >= 0.3 is 5.76 Å². The average molecular weight is 228 g/mol. The minimum atomic E-state index is -0.871. The van der Waals surface area contributed by atoms with Crippen LogP contribution in [0.5, 0.6) is 0 Å². The molecule has 92 valence electrons. The molecule has 0 aromatic carbocycles. The summed E-state index contributed by atoms with van der Waals surface area (Å²) in [5.41, 5.74) is -0.871. The molecule has 0 atom stereocenters. The van der Waals surface area contributed by atoms with Gasteiger partial charge in [0.05, 0.1) is 12.1 Å². The van der Waals surface area contributed by atoms with Gasteiger partial charge in [0.15, 0.2) is 0 Å². The Balaban J connectivity index is 2.84. The summed E-state index contributed by atoms with van der Waals surface area (Å²) in [4.78, 5) is 11.4. The van der Waals surface area contributed by atoms with Crippen molar-refractivity contribution in [3.05, 3.63) is 16.4 Å². The van der Waals surface area contributed by atoms with E-state index >= 15 is 0 Å². The molecule has 0 radical (unpaired) electrons. The van der Waals surface area contributed by atoms with Gasteiger partial charge in [-0.15, -0.1) is 5.10 Å². The molecule has 0 unspecified atom stereocenters. The SMILES string of the molecule is CCCc1nn(CC(O)(CC)CC)c(=O)o1. The number of aromatic nitrogens is 2. The van der Waals surface area contributed by atoms with Gasteiger partial charge < -0.3 is 9.52 Å². The van der Waals surface area contributed by atoms with E-state index in [1.54, 1.807) is 0 Å². The van der Waals surface area contributed by atoms with Crippen molar-refractivity contribution in [2.24, 2.45) is 0 Å². The Hall–Kier alpha value is -1.10. The highest BCUT2D eigenvalue weighted by atomic mass is 16.4. The molecule has 5 heteroatoms. The topological polar surface area (TPSA) is 68.3 Å². The van der Waals surface area contributed by atoms with E-state index in [9.17, 15) is 9.90 Å². The molecule has 0 aliphatic carbocycles. The zero-order valence-corrected chi connectivity index (χ0v) is 10.2. The molecule has 0 fully saturated rings. The van der Waals surface area contributed by atoms with Gasteiger partial charge in [0.1, 0.15) is 0 Å². The Bertz CT molecular complexity index is 377. The molecule has 1 aromatic heterocycles. The van der Waals surface area contributed by atoms with Crippen LogP contribution >= 0.6 is 0 Å². The molecule has 5 nitrogen and oxygen atoms in total. The number of hydrogen-bond donors (Lipinski definition) is 1. The Labute approximate surface area is 95.1 Å². The molecule has 0 aliphatic heterocycles. The van der Waals surface area contributed by atoms with Crippen LogP contribution in [0.2, 0.25) is 0 Å². The molecule has 0 bridgehead atoms. The van der Waals surface area contributed by atoms with Crippen LogP contribution in [0.3, 0.4) is 0 Å². The Morgan fingerprint density at radius 1 is 1.38 bits per heavy atom. The van der Waals surface area contributed by atoms with E-state index in [1.807, 2.05) is 20.8 Å². The van der Waals surface area contributed by atoms with Crippen molar-refractivity contribution < 1.29 is 9.52 Å². The molecule has 0 saturated carbocycles. The molecule has 1 aromatic rings. The summed E-state index contributed by atoms with van der Waals surface area (Å²) >= 11 is 0. The van der Waals surface area contributed by atoms with Crippen LogP contribution in [-0.2, 0) is 13.0 Å². The molecule has 0 saturated heterocycles. The first-order valence-corrected chi connectivity index (χ1v) is 5.83. The number of hydrogen-bond acceptors (Lipinski definition) is 4. The summed E-state index contributed by atoms with van der Waals surface area (Å²) in [7, 11) is 0. The third-order valence-corrected chi connectivity index (χ3v) is 2.87. The molecule has 0 aliphatic rings. The van der Waals surface area contributed by atoms with Gasteiger partial charge in [-0.25, -0.2) is 4.79 Å². The second-order valence-corrected chi connectivity index (χ2v) is 4.10. The summed E-state index contributed by atoms with van der Waals surface area (Å²) in [6, 6.07) is 0. The predicted octanol–water partition coefficient (Wildman–Crippen LogP) is 1.34. The number of aliphatic hydroxyl groups is 1. The van der Waals surface area contributed by atoms with Crippen LogP contribution in [0, 0.1) is 0 Å². The van der Waals surface area contributed by atoms with Crippen LogP contribution in [0.4, 0.5) is 0 Å². The van der Waals surface area contributed by atoms with Gasteiger partial charge in [0.25, 0.3) is 0 Å². The minimum Gasteiger partial charge on any atom is -0.392 e. The van der Waals surface area contributed by atoms with Crippen molar-refractivity contribution >= 4 is 0 Å². The van der Waals surface area contributed by atoms with Gasteiger partial charge in [0, 0.05) is 6.42 Å². The van der Waals surface area contributed by atoms with Crippen LogP contribution in [-0.4, -0.2) is 20.5 Å². The monoisotopic (exact) mass is 228 g/mol. The third-order valence-electron chi connectivity index (χ3n) is 2.87. The first kappa shape index (κ1) is 13.0. The summed E-state index contributed by atoms with van der Waals surface area (Å²) in [6.07, 6.45) is 2.71. The Morgan fingerprint density at radius 3 is 2.50 bits per heavy atom. The van der Waals surface area contributed by atoms with E-state index in [0.29, 0.717) is 25.2 Å². The lowest BCUT2D eigenvalue weighted by atomic mass is 9.98. The number of nitrogens with zero attached hydrogens (tertiary/aromatic N) is 2. The van der Waals surface area contributed by atoms with Crippen molar-refractivity contribution in [2.45, 2.75) is 58.6 Å². The lowest BCUT2D eigenvalue weighted by Crippen LogP contribution is -2.36. The number of aryl methyl sites for hydroxylation is 1. The van der Waals surface area contributed by atoms with Crippen LogP contribution in [0.1, 0.15) is 45.9 Å². The van der Waals surface area contributed by atoms with Crippen molar-refractivity contribution in [3.8, 4) is 0 Å². The van der Waals surface area contributed by atoms with Crippen molar-refractivity contribution in [2.75, 3.05) is 0 Å². The second kappa shape index (κ2) is 5.30. The minimum absolute atomic E-state index is 0.200. The second-order valence-electron chi connectivity index (χ2n) is 4.10. The highest BCUT2D eigenvalue weighted by molar-refractivity contribution is 4.79. The Kier molecular flexibility index (Phi) is 4.29. The molecular formula is C11H20N2O3. The van der Waals surface area contributed by atoms with E-state index in [2.05, 4.69) is 5.10 Å². The molecule has 1 heterocycles. The lowest BCUT2D eigenvalue weighted by Gasteiger charge is -2.23. The first-order chi connectivity index (χ1) is 7.54. The maximum atomic E-state index is 11.4. The quantitative estimate of drug-likeness (QED) is 0.797. The molecule has 1 N–H and O–H groups in total. The highest BCUT2D eigenvalue weighted by Crippen LogP contribution is 2.16. The van der Waals surface area contributed by atoms with Crippen LogP contribution in [0.25, 0.3) is 0 Å². The zero-order chi connectivity index (χ0) is 12.2. The predicted molar refractivity (Wildman–Crippen MR) is 60.3 cm³/mol. The zero-order valence-electron chi connectivity index (χ0n) is 10.2. The molecular weight excluding hydrogens is 208 g/mol. The van der Waals surface area contributed by atoms with E-state index in [0.717, 1.165) is 6.42 Å². The van der Waals surface area contributed by atoms with Crippen LogP contribution in [0.15, 0.2) is 9.21 Å². The summed E-state index contributed by atoms with van der Waals surface area (Å²) in [5, 5.41) is 14.2. The number of rotatable bonds is 6. The summed E-state index contributed by atoms with van der Waals surface area (Å²) in [5.74, 6) is -0.0363. The maximum absolute atomic E-state index is 11.4. The fraction of sp³-hybridized carbons (Fsp3) is 0.818. The van der Waals surface area contributed by atoms with Crippen molar-refractivity contribution in [1.82, 2.24) is 9.78 Å².